The second-order valence-electron chi connectivity index (χ2n) is 6.05. The molecule has 0 saturated heterocycles. The number of ether oxygens (including phenoxy) is 2. The van der Waals surface area contributed by atoms with Gasteiger partial charge in [-0.15, -0.1) is 0 Å². The Hall–Kier alpha value is -1.30. The Morgan fingerprint density at radius 2 is 1.73 bits per heavy atom. The summed E-state index contributed by atoms with van der Waals surface area (Å²) < 4.78 is 11.0. The van der Waals surface area contributed by atoms with Crippen LogP contribution in [0.1, 0.15) is 33.3 Å². The van der Waals surface area contributed by atoms with Gasteiger partial charge in [-0.05, 0) is 17.7 Å². The summed E-state index contributed by atoms with van der Waals surface area (Å²) in [5.41, 5.74) is 1.14. The first-order chi connectivity index (χ1) is 10.4. The van der Waals surface area contributed by atoms with Crippen molar-refractivity contribution in [2.75, 3.05) is 20.3 Å². The van der Waals surface area contributed by atoms with E-state index in [1.807, 2.05) is 32.0 Å². The molecule has 1 rings (SSSR count). The van der Waals surface area contributed by atoms with Crippen LogP contribution in [0.25, 0.3) is 0 Å². The van der Waals surface area contributed by atoms with E-state index in [0.29, 0.717) is 30.1 Å². The minimum absolute atomic E-state index is 0.236. The van der Waals surface area contributed by atoms with Gasteiger partial charge in [-0.2, -0.15) is 0 Å². The zero-order chi connectivity index (χ0) is 16.5. The molecule has 1 aromatic carbocycles. The molecule has 126 valence electrons. The number of aliphatic hydroxyl groups is 1. The molecule has 0 spiro atoms. The van der Waals surface area contributed by atoms with Crippen molar-refractivity contribution in [3.8, 4) is 11.5 Å². The maximum Gasteiger partial charge on any atom is 0.161 e. The lowest BCUT2D eigenvalue weighted by molar-refractivity contribution is 0.103. The third-order valence-corrected chi connectivity index (χ3v) is 3.14. The summed E-state index contributed by atoms with van der Waals surface area (Å²) in [5, 5.41) is 16.4. The Kier molecular flexibility index (Phi) is 8.24. The lowest BCUT2D eigenvalue weighted by Crippen LogP contribution is -2.35. The molecule has 0 saturated carbocycles. The van der Waals surface area contributed by atoms with Crippen molar-refractivity contribution < 1.29 is 14.6 Å². The molecule has 0 amide bonds. The van der Waals surface area contributed by atoms with Crippen molar-refractivity contribution in [3.63, 3.8) is 0 Å². The molecule has 3 N–H and O–H groups in total. The standard InChI is InChI=1S/C17H30N2O3/c1-12(2)18-9-14-6-7-16(17(8-14)21-5)22-11-15(20)10-19-13(3)4/h6-8,12-13,15,18-20H,9-11H2,1-5H3. The smallest absolute Gasteiger partial charge is 0.161 e. The minimum Gasteiger partial charge on any atom is -0.493 e. The predicted molar refractivity (Wildman–Crippen MR) is 89.6 cm³/mol. The first kappa shape index (κ1) is 18.7. The topological polar surface area (TPSA) is 62.8 Å². The van der Waals surface area contributed by atoms with Crippen LogP contribution in [-0.2, 0) is 6.54 Å². The maximum atomic E-state index is 9.88. The van der Waals surface area contributed by atoms with Gasteiger partial charge in [0.2, 0.25) is 0 Å². The first-order valence-electron chi connectivity index (χ1n) is 7.87. The average molecular weight is 310 g/mol. The third-order valence-electron chi connectivity index (χ3n) is 3.14. The number of rotatable bonds is 10. The van der Waals surface area contributed by atoms with E-state index in [4.69, 9.17) is 9.47 Å². The van der Waals surface area contributed by atoms with Gasteiger partial charge >= 0.3 is 0 Å². The van der Waals surface area contributed by atoms with E-state index in [-0.39, 0.29) is 6.61 Å². The summed E-state index contributed by atoms with van der Waals surface area (Å²) in [6, 6.07) is 6.64. The number of methoxy groups -OCH3 is 1. The van der Waals surface area contributed by atoms with Crippen LogP contribution >= 0.6 is 0 Å². The quantitative estimate of drug-likeness (QED) is 0.616. The fraction of sp³-hybridized carbons (Fsp3) is 0.647. The van der Waals surface area contributed by atoms with Crippen LogP contribution in [0.2, 0.25) is 0 Å². The van der Waals surface area contributed by atoms with Crippen molar-refractivity contribution in [3.05, 3.63) is 23.8 Å². The maximum absolute atomic E-state index is 9.88. The summed E-state index contributed by atoms with van der Waals surface area (Å²) in [7, 11) is 1.62. The van der Waals surface area contributed by atoms with E-state index >= 15 is 0 Å². The van der Waals surface area contributed by atoms with Gasteiger partial charge in [0.15, 0.2) is 11.5 Å². The molecule has 0 heterocycles. The Balaban J connectivity index is 2.55. The molecule has 0 aliphatic heterocycles. The number of aliphatic hydroxyl groups excluding tert-OH is 1. The molecule has 22 heavy (non-hydrogen) atoms. The molecular formula is C17H30N2O3. The molecule has 0 bridgehead atoms. The summed E-state index contributed by atoms with van der Waals surface area (Å²) in [6.07, 6.45) is -0.547. The molecule has 1 atom stereocenters. The zero-order valence-electron chi connectivity index (χ0n) is 14.3. The van der Waals surface area contributed by atoms with E-state index in [2.05, 4.69) is 24.5 Å². The Bertz CT molecular complexity index is 436. The Morgan fingerprint density at radius 1 is 1.05 bits per heavy atom. The molecule has 0 aliphatic rings. The Morgan fingerprint density at radius 3 is 2.32 bits per heavy atom. The summed E-state index contributed by atoms with van der Waals surface area (Å²) in [5.74, 6) is 1.34. The number of hydrogen-bond donors (Lipinski definition) is 3. The number of nitrogens with one attached hydrogen (secondary N) is 2. The van der Waals surface area contributed by atoms with Crippen molar-refractivity contribution >= 4 is 0 Å². The van der Waals surface area contributed by atoms with Gasteiger partial charge in [0.1, 0.15) is 12.7 Å². The van der Waals surface area contributed by atoms with Crippen LogP contribution in [0.4, 0.5) is 0 Å². The highest BCUT2D eigenvalue weighted by molar-refractivity contribution is 5.43. The summed E-state index contributed by atoms with van der Waals surface area (Å²) in [6.45, 7) is 9.84. The number of benzene rings is 1. The van der Waals surface area contributed by atoms with E-state index in [0.717, 1.165) is 12.1 Å². The summed E-state index contributed by atoms with van der Waals surface area (Å²) in [4.78, 5) is 0. The van der Waals surface area contributed by atoms with Crippen LogP contribution in [0, 0.1) is 0 Å². The highest BCUT2D eigenvalue weighted by atomic mass is 16.5. The van der Waals surface area contributed by atoms with Crippen LogP contribution < -0.4 is 20.1 Å². The molecule has 5 heteroatoms. The van der Waals surface area contributed by atoms with Crippen LogP contribution in [-0.4, -0.2) is 43.6 Å². The third kappa shape index (κ3) is 7.11. The molecule has 0 aromatic heterocycles. The average Bonchev–Trinajstić information content (AvgIpc) is 2.48. The largest absolute Gasteiger partial charge is 0.493 e. The van der Waals surface area contributed by atoms with Crippen molar-refractivity contribution in [2.45, 2.75) is 52.4 Å². The molecule has 0 radical (unpaired) electrons. The van der Waals surface area contributed by atoms with Crippen LogP contribution in [0.3, 0.4) is 0 Å². The second kappa shape index (κ2) is 9.66. The van der Waals surface area contributed by atoms with Crippen LogP contribution in [0.15, 0.2) is 18.2 Å². The van der Waals surface area contributed by atoms with Gasteiger partial charge < -0.3 is 25.2 Å². The lowest BCUT2D eigenvalue weighted by atomic mass is 10.2. The normalized spacial score (nSPS) is 12.7. The number of hydrogen-bond acceptors (Lipinski definition) is 5. The monoisotopic (exact) mass is 310 g/mol. The SMILES string of the molecule is COc1cc(CNC(C)C)ccc1OCC(O)CNC(C)C. The lowest BCUT2D eigenvalue weighted by Gasteiger charge is -2.17. The van der Waals surface area contributed by atoms with E-state index in [1.54, 1.807) is 7.11 Å². The van der Waals surface area contributed by atoms with Crippen LogP contribution in [0.5, 0.6) is 11.5 Å². The zero-order valence-corrected chi connectivity index (χ0v) is 14.3. The molecule has 5 nitrogen and oxygen atoms in total. The van der Waals surface area contributed by atoms with Crippen molar-refractivity contribution in [2.24, 2.45) is 0 Å². The van der Waals surface area contributed by atoms with E-state index < -0.39 is 6.10 Å². The molecule has 1 unspecified atom stereocenters. The highest BCUT2D eigenvalue weighted by Crippen LogP contribution is 2.28. The molecular weight excluding hydrogens is 280 g/mol. The van der Waals surface area contributed by atoms with Gasteiger partial charge in [0.25, 0.3) is 0 Å². The van der Waals surface area contributed by atoms with Gasteiger partial charge in [-0.3, -0.25) is 0 Å². The van der Waals surface area contributed by atoms with Gasteiger partial charge in [-0.25, -0.2) is 0 Å². The van der Waals surface area contributed by atoms with Gasteiger partial charge in [0, 0.05) is 25.2 Å². The predicted octanol–water partition coefficient (Wildman–Crippen LogP) is 1.93. The van der Waals surface area contributed by atoms with Gasteiger partial charge in [-0.1, -0.05) is 33.8 Å². The Labute approximate surface area is 134 Å². The summed E-state index contributed by atoms with van der Waals surface area (Å²) >= 11 is 0. The van der Waals surface area contributed by atoms with Gasteiger partial charge in [0.05, 0.1) is 7.11 Å². The first-order valence-corrected chi connectivity index (χ1v) is 7.87. The molecule has 0 fully saturated rings. The fourth-order valence-electron chi connectivity index (χ4n) is 1.88. The minimum atomic E-state index is -0.547. The highest BCUT2D eigenvalue weighted by Gasteiger charge is 2.10. The van der Waals surface area contributed by atoms with E-state index in [9.17, 15) is 5.11 Å². The second-order valence-corrected chi connectivity index (χ2v) is 6.05. The van der Waals surface area contributed by atoms with Crippen molar-refractivity contribution in [1.29, 1.82) is 0 Å². The van der Waals surface area contributed by atoms with E-state index in [1.165, 1.54) is 0 Å². The fourth-order valence-corrected chi connectivity index (χ4v) is 1.88. The molecule has 0 aliphatic carbocycles. The van der Waals surface area contributed by atoms with Crippen molar-refractivity contribution in [1.82, 2.24) is 10.6 Å². The molecule has 1 aromatic rings.